The fraction of sp³-hybridized carbons (Fsp3) is 0.276. The van der Waals surface area contributed by atoms with Crippen molar-refractivity contribution in [1.29, 1.82) is 0 Å². The van der Waals surface area contributed by atoms with Gasteiger partial charge >= 0.3 is 0 Å². The Morgan fingerprint density at radius 3 is 2.30 bits per heavy atom. The molecule has 0 aliphatic carbocycles. The molecule has 1 saturated heterocycles. The Balaban J connectivity index is 1.45. The molecule has 0 amide bonds. The topological polar surface area (TPSA) is 72.6 Å². The third-order valence-corrected chi connectivity index (χ3v) is 8.56. The molecule has 0 saturated carbocycles. The Labute approximate surface area is 222 Å². The van der Waals surface area contributed by atoms with Gasteiger partial charge in [0.1, 0.15) is 5.75 Å². The van der Waals surface area contributed by atoms with Gasteiger partial charge in [0.2, 0.25) is 26.6 Å². The highest BCUT2D eigenvalue weighted by atomic mass is 35.5. The summed E-state index contributed by atoms with van der Waals surface area (Å²) >= 11 is 6.00. The molecule has 1 aliphatic rings. The number of piperidine rings is 1. The summed E-state index contributed by atoms with van der Waals surface area (Å²) in [6, 6.07) is 23.9. The minimum atomic E-state index is -3.93. The summed E-state index contributed by atoms with van der Waals surface area (Å²) in [4.78, 5) is 6.66. The number of nitrogens with zero attached hydrogens (tertiary/aromatic N) is 2. The maximum absolute atomic E-state index is 13.7. The first-order chi connectivity index (χ1) is 17.9. The van der Waals surface area contributed by atoms with E-state index in [1.165, 1.54) is 17.7 Å². The van der Waals surface area contributed by atoms with Crippen molar-refractivity contribution in [3.63, 3.8) is 0 Å². The minimum Gasteiger partial charge on any atom is -0.494 e. The van der Waals surface area contributed by atoms with Crippen LogP contribution in [0.1, 0.15) is 25.3 Å². The molecule has 0 spiro atoms. The van der Waals surface area contributed by atoms with Gasteiger partial charge in [-0.05, 0) is 86.2 Å². The van der Waals surface area contributed by atoms with Gasteiger partial charge in [0.25, 0.3) is 0 Å². The monoisotopic (exact) mass is 536 g/mol. The molecule has 8 heteroatoms. The first kappa shape index (κ1) is 25.4. The van der Waals surface area contributed by atoms with Crippen molar-refractivity contribution in [3.05, 3.63) is 89.4 Å². The molecule has 37 heavy (non-hydrogen) atoms. The lowest BCUT2D eigenvalue weighted by molar-refractivity contribution is 0.340. The van der Waals surface area contributed by atoms with Crippen molar-refractivity contribution >= 4 is 27.3 Å². The Morgan fingerprint density at radius 2 is 1.65 bits per heavy atom. The van der Waals surface area contributed by atoms with Crippen molar-refractivity contribution in [2.24, 2.45) is 5.92 Å². The molecule has 6 nitrogen and oxygen atoms in total. The second-order valence-electron chi connectivity index (χ2n) is 9.16. The molecule has 0 unspecified atom stereocenters. The predicted octanol–water partition coefficient (Wildman–Crippen LogP) is 6.69. The van der Waals surface area contributed by atoms with Crippen LogP contribution in [0.3, 0.4) is 0 Å². The van der Waals surface area contributed by atoms with E-state index in [9.17, 15) is 8.42 Å². The maximum Gasteiger partial charge on any atom is 0.236 e. The molecule has 2 heterocycles. The lowest BCUT2D eigenvalue weighted by atomic mass is 9.90. The quantitative estimate of drug-likeness (QED) is 0.250. The number of hydrogen-bond donors (Lipinski definition) is 0. The zero-order valence-electron chi connectivity index (χ0n) is 20.6. The number of benzene rings is 3. The van der Waals surface area contributed by atoms with E-state index in [1.54, 1.807) is 12.1 Å². The molecule has 1 aliphatic heterocycles. The highest BCUT2D eigenvalue weighted by Gasteiger charge is 2.33. The molecule has 0 radical (unpaired) electrons. The van der Waals surface area contributed by atoms with Gasteiger partial charge in [-0.15, -0.1) is 0 Å². The number of anilines is 1. The Bertz CT molecular complexity index is 1430. The molecule has 4 aromatic rings. The van der Waals surface area contributed by atoms with Gasteiger partial charge in [-0.2, -0.15) is 4.98 Å². The van der Waals surface area contributed by atoms with Crippen LogP contribution in [0, 0.1) is 5.92 Å². The summed E-state index contributed by atoms with van der Waals surface area (Å²) in [6.07, 6.45) is 2.89. The minimum absolute atomic E-state index is 0.0692. The van der Waals surface area contributed by atoms with E-state index in [0.717, 1.165) is 25.0 Å². The third kappa shape index (κ3) is 5.68. The lowest BCUT2D eigenvalue weighted by Gasteiger charge is -2.32. The van der Waals surface area contributed by atoms with Crippen LogP contribution in [0.5, 0.6) is 5.75 Å². The van der Waals surface area contributed by atoms with E-state index in [4.69, 9.17) is 20.8 Å². The van der Waals surface area contributed by atoms with Gasteiger partial charge in [-0.1, -0.05) is 41.9 Å². The highest BCUT2D eigenvalue weighted by molar-refractivity contribution is 7.91. The summed E-state index contributed by atoms with van der Waals surface area (Å²) in [5.74, 6) is 1.81. The van der Waals surface area contributed by atoms with E-state index in [2.05, 4.69) is 29.2 Å². The zero-order valence-corrected chi connectivity index (χ0v) is 22.2. The van der Waals surface area contributed by atoms with Crippen LogP contribution >= 0.6 is 11.6 Å². The number of ether oxygens (including phenoxy) is 1. The predicted molar refractivity (Wildman–Crippen MR) is 145 cm³/mol. The van der Waals surface area contributed by atoms with Crippen molar-refractivity contribution in [2.75, 3.05) is 24.6 Å². The van der Waals surface area contributed by atoms with Crippen LogP contribution in [-0.2, 0) is 16.3 Å². The van der Waals surface area contributed by atoms with Crippen molar-refractivity contribution < 1.29 is 17.6 Å². The van der Waals surface area contributed by atoms with Gasteiger partial charge in [0, 0.05) is 23.7 Å². The van der Waals surface area contributed by atoms with E-state index < -0.39 is 9.84 Å². The molecule has 5 rings (SSSR count). The van der Waals surface area contributed by atoms with E-state index in [1.807, 2.05) is 42.2 Å². The van der Waals surface area contributed by atoms with Gasteiger partial charge in [-0.3, -0.25) is 0 Å². The SMILES string of the molecule is CCOc1ccc(-c2nc(S(=O)(=O)c3ccc(Cl)cc3)c(N3CCC(Cc4ccccc4)CC3)o2)cc1. The summed E-state index contributed by atoms with van der Waals surface area (Å²) in [6.45, 7) is 3.87. The first-order valence-corrected chi connectivity index (χ1v) is 14.3. The molecule has 192 valence electrons. The van der Waals surface area contributed by atoms with Gasteiger partial charge in [0.15, 0.2) is 0 Å². The standard InChI is InChI=1S/C29H29ClN2O4S/c1-2-35-25-12-8-23(9-13-25)27-31-28(37(33,34)26-14-10-24(30)11-15-26)29(36-27)32-18-16-22(17-19-32)20-21-6-4-3-5-7-21/h3-15,22H,2,16-20H2,1H3. The number of oxazole rings is 1. The molecule has 1 aromatic heterocycles. The number of hydrogen-bond acceptors (Lipinski definition) is 6. The van der Waals surface area contributed by atoms with Crippen LogP contribution in [0.2, 0.25) is 5.02 Å². The Hall–Kier alpha value is -3.29. The van der Waals surface area contributed by atoms with Crippen LogP contribution in [0.25, 0.3) is 11.5 Å². The van der Waals surface area contributed by atoms with Crippen molar-refractivity contribution in [3.8, 4) is 17.2 Å². The van der Waals surface area contributed by atoms with Gasteiger partial charge in [0.05, 0.1) is 11.5 Å². The summed E-state index contributed by atoms with van der Waals surface area (Å²) < 4.78 is 39.1. The van der Waals surface area contributed by atoms with Crippen molar-refractivity contribution in [2.45, 2.75) is 36.1 Å². The van der Waals surface area contributed by atoms with E-state index in [0.29, 0.717) is 36.2 Å². The molecule has 3 aromatic carbocycles. The average molecular weight is 537 g/mol. The first-order valence-electron chi connectivity index (χ1n) is 12.5. The fourth-order valence-electron chi connectivity index (χ4n) is 4.67. The van der Waals surface area contributed by atoms with Crippen molar-refractivity contribution in [1.82, 2.24) is 4.98 Å². The number of rotatable bonds is 8. The zero-order chi connectivity index (χ0) is 25.8. The van der Waals surface area contributed by atoms with E-state index >= 15 is 0 Å². The molecule has 0 N–H and O–H groups in total. The van der Waals surface area contributed by atoms with Crippen LogP contribution in [0.4, 0.5) is 5.88 Å². The van der Waals surface area contributed by atoms with Gasteiger partial charge < -0.3 is 14.1 Å². The highest BCUT2D eigenvalue weighted by Crippen LogP contribution is 2.37. The molecule has 1 fully saturated rings. The van der Waals surface area contributed by atoms with E-state index in [-0.39, 0.29) is 21.7 Å². The Kier molecular flexibility index (Phi) is 7.53. The third-order valence-electron chi connectivity index (χ3n) is 6.64. The smallest absolute Gasteiger partial charge is 0.236 e. The summed E-state index contributed by atoms with van der Waals surface area (Å²) in [5.41, 5.74) is 2.01. The molecule has 0 atom stereocenters. The maximum atomic E-state index is 13.7. The summed E-state index contributed by atoms with van der Waals surface area (Å²) in [7, 11) is -3.93. The normalized spacial score (nSPS) is 14.6. The van der Waals surface area contributed by atoms with Crippen LogP contribution < -0.4 is 9.64 Å². The van der Waals surface area contributed by atoms with Gasteiger partial charge in [-0.25, -0.2) is 8.42 Å². The van der Waals surface area contributed by atoms with Crippen LogP contribution in [-0.4, -0.2) is 33.1 Å². The largest absolute Gasteiger partial charge is 0.494 e. The average Bonchev–Trinajstić information content (AvgIpc) is 3.37. The second kappa shape index (κ2) is 11.0. The second-order valence-corrected chi connectivity index (χ2v) is 11.5. The van der Waals surface area contributed by atoms with Crippen LogP contribution in [0.15, 0.2) is 93.2 Å². The molecular weight excluding hydrogens is 508 g/mol. The number of halogens is 1. The fourth-order valence-corrected chi connectivity index (χ4v) is 6.12. The Morgan fingerprint density at radius 1 is 0.973 bits per heavy atom. The summed E-state index contributed by atoms with van der Waals surface area (Å²) in [5, 5.41) is 0.398. The number of sulfone groups is 1. The lowest BCUT2D eigenvalue weighted by Crippen LogP contribution is -2.34. The number of aromatic nitrogens is 1. The molecular formula is C29H29ClN2O4S. The molecule has 0 bridgehead atoms.